The molecule has 5 heteroatoms. The summed E-state index contributed by atoms with van der Waals surface area (Å²) in [5, 5.41) is 6.38. The van der Waals surface area contributed by atoms with Gasteiger partial charge >= 0.3 is 0 Å². The molecule has 0 radical (unpaired) electrons. The highest BCUT2D eigenvalue weighted by molar-refractivity contribution is 5.79. The second kappa shape index (κ2) is 8.76. The second-order valence-electron chi connectivity index (χ2n) is 5.79. The zero-order valence-electron chi connectivity index (χ0n) is 14.6. The Labute approximate surface area is 152 Å². The van der Waals surface area contributed by atoms with Gasteiger partial charge < -0.3 is 10.6 Å². The van der Waals surface area contributed by atoms with Gasteiger partial charge in [0.15, 0.2) is 5.96 Å². The third-order valence-corrected chi connectivity index (χ3v) is 3.98. The Hall–Kier alpha value is -3.21. The standard InChI is InChI=1S/C21H21FN4/c1-23-21(26-15-18-8-2-3-10-19(18)22)25-14-16-7-6-9-17(13-16)20-11-4-5-12-24-20/h2-13H,14-15H2,1H3,(H2,23,25,26). The van der Waals surface area contributed by atoms with E-state index in [1.807, 2.05) is 42.5 Å². The van der Waals surface area contributed by atoms with Gasteiger partial charge in [0.05, 0.1) is 5.69 Å². The van der Waals surface area contributed by atoms with E-state index in [1.165, 1.54) is 6.07 Å². The van der Waals surface area contributed by atoms with E-state index in [4.69, 9.17) is 0 Å². The lowest BCUT2D eigenvalue weighted by atomic mass is 10.1. The summed E-state index contributed by atoms with van der Waals surface area (Å²) in [5.41, 5.74) is 3.73. The summed E-state index contributed by atoms with van der Waals surface area (Å²) in [6.07, 6.45) is 1.79. The molecule has 0 aliphatic rings. The molecule has 1 heterocycles. The van der Waals surface area contributed by atoms with Gasteiger partial charge in [-0.3, -0.25) is 9.98 Å². The van der Waals surface area contributed by atoms with Crippen LogP contribution in [0.25, 0.3) is 11.3 Å². The summed E-state index contributed by atoms with van der Waals surface area (Å²) in [6.45, 7) is 0.984. The maximum Gasteiger partial charge on any atom is 0.191 e. The normalized spacial score (nSPS) is 11.2. The zero-order valence-corrected chi connectivity index (χ0v) is 14.6. The first-order chi connectivity index (χ1) is 12.8. The maximum absolute atomic E-state index is 13.7. The van der Waals surface area contributed by atoms with Crippen LogP contribution in [0.1, 0.15) is 11.1 Å². The Morgan fingerprint density at radius 2 is 1.77 bits per heavy atom. The van der Waals surface area contributed by atoms with Crippen LogP contribution in [-0.4, -0.2) is 18.0 Å². The number of pyridine rings is 1. The highest BCUT2D eigenvalue weighted by Gasteiger charge is 2.04. The number of benzene rings is 2. The van der Waals surface area contributed by atoms with Gasteiger partial charge in [-0.25, -0.2) is 4.39 Å². The Balaban J connectivity index is 1.60. The highest BCUT2D eigenvalue weighted by atomic mass is 19.1. The van der Waals surface area contributed by atoms with Gasteiger partial charge in [-0.1, -0.05) is 42.5 Å². The van der Waals surface area contributed by atoms with Crippen molar-refractivity contribution in [2.75, 3.05) is 7.05 Å². The molecule has 0 amide bonds. The van der Waals surface area contributed by atoms with Crippen molar-refractivity contribution >= 4 is 5.96 Å². The predicted molar refractivity (Wildman–Crippen MR) is 103 cm³/mol. The summed E-state index contributed by atoms with van der Waals surface area (Å²) in [7, 11) is 1.70. The number of hydrogen-bond acceptors (Lipinski definition) is 2. The Morgan fingerprint density at radius 1 is 0.962 bits per heavy atom. The van der Waals surface area contributed by atoms with Crippen molar-refractivity contribution in [3.05, 3.63) is 89.9 Å². The van der Waals surface area contributed by atoms with Gasteiger partial charge in [0.1, 0.15) is 5.82 Å². The maximum atomic E-state index is 13.7. The molecule has 0 saturated heterocycles. The van der Waals surface area contributed by atoms with Crippen LogP contribution in [-0.2, 0) is 13.1 Å². The van der Waals surface area contributed by atoms with Gasteiger partial charge in [0, 0.05) is 37.5 Å². The lowest BCUT2D eigenvalue weighted by molar-refractivity contribution is 0.604. The molecule has 3 aromatic rings. The van der Waals surface area contributed by atoms with Crippen LogP contribution in [0.5, 0.6) is 0 Å². The molecule has 0 spiro atoms. The van der Waals surface area contributed by atoms with Crippen LogP contribution in [0.3, 0.4) is 0 Å². The average Bonchev–Trinajstić information content (AvgIpc) is 2.70. The molecule has 2 N–H and O–H groups in total. The molecule has 0 bridgehead atoms. The van der Waals surface area contributed by atoms with Crippen LogP contribution in [0.2, 0.25) is 0 Å². The van der Waals surface area contributed by atoms with Gasteiger partial charge in [0.25, 0.3) is 0 Å². The van der Waals surface area contributed by atoms with Crippen molar-refractivity contribution in [1.82, 2.24) is 15.6 Å². The average molecular weight is 348 g/mol. The molecular weight excluding hydrogens is 327 g/mol. The quantitative estimate of drug-likeness (QED) is 0.545. The number of aromatic nitrogens is 1. The van der Waals surface area contributed by atoms with Crippen molar-refractivity contribution in [2.24, 2.45) is 4.99 Å². The lowest BCUT2D eigenvalue weighted by Crippen LogP contribution is -2.36. The second-order valence-corrected chi connectivity index (χ2v) is 5.79. The number of nitrogens with one attached hydrogen (secondary N) is 2. The van der Waals surface area contributed by atoms with Crippen molar-refractivity contribution in [3.63, 3.8) is 0 Å². The molecule has 4 nitrogen and oxygen atoms in total. The van der Waals surface area contributed by atoms with Crippen LogP contribution < -0.4 is 10.6 Å². The smallest absolute Gasteiger partial charge is 0.191 e. The first-order valence-corrected chi connectivity index (χ1v) is 8.44. The molecule has 0 aliphatic carbocycles. The van der Waals surface area contributed by atoms with Gasteiger partial charge in [-0.05, 0) is 29.8 Å². The molecule has 1 aromatic heterocycles. The molecule has 26 heavy (non-hydrogen) atoms. The summed E-state index contributed by atoms with van der Waals surface area (Å²) in [5.74, 6) is 0.398. The SMILES string of the molecule is CN=C(NCc1cccc(-c2ccccn2)c1)NCc1ccccc1F. The number of guanidine groups is 1. The molecule has 0 unspecified atom stereocenters. The number of aliphatic imine (C=N–C) groups is 1. The minimum absolute atomic E-state index is 0.224. The molecule has 3 rings (SSSR count). The molecule has 0 saturated carbocycles. The Morgan fingerprint density at radius 3 is 2.54 bits per heavy atom. The molecular formula is C21H21FN4. The van der Waals surface area contributed by atoms with E-state index in [0.29, 0.717) is 24.6 Å². The van der Waals surface area contributed by atoms with E-state index in [-0.39, 0.29) is 5.82 Å². The molecule has 2 aromatic carbocycles. The van der Waals surface area contributed by atoms with E-state index in [9.17, 15) is 4.39 Å². The molecule has 132 valence electrons. The largest absolute Gasteiger partial charge is 0.352 e. The van der Waals surface area contributed by atoms with Crippen LogP contribution in [0, 0.1) is 5.82 Å². The van der Waals surface area contributed by atoms with E-state index < -0.39 is 0 Å². The fourth-order valence-electron chi connectivity index (χ4n) is 2.60. The topological polar surface area (TPSA) is 49.3 Å². The van der Waals surface area contributed by atoms with Crippen molar-refractivity contribution < 1.29 is 4.39 Å². The number of hydrogen-bond donors (Lipinski definition) is 2. The first kappa shape index (κ1) is 17.6. The summed E-state index contributed by atoms with van der Waals surface area (Å²) < 4.78 is 13.7. The molecule has 0 fully saturated rings. The predicted octanol–water partition coefficient (Wildman–Crippen LogP) is 3.75. The number of halogens is 1. The van der Waals surface area contributed by atoms with Crippen molar-refractivity contribution in [2.45, 2.75) is 13.1 Å². The van der Waals surface area contributed by atoms with Crippen molar-refractivity contribution in [3.8, 4) is 11.3 Å². The van der Waals surface area contributed by atoms with Crippen LogP contribution in [0.4, 0.5) is 4.39 Å². The third kappa shape index (κ3) is 4.66. The highest BCUT2D eigenvalue weighted by Crippen LogP contribution is 2.17. The van der Waals surface area contributed by atoms with Gasteiger partial charge in [-0.15, -0.1) is 0 Å². The lowest BCUT2D eigenvalue weighted by Gasteiger charge is -2.13. The van der Waals surface area contributed by atoms with Gasteiger partial charge in [-0.2, -0.15) is 0 Å². The summed E-state index contributed by atoms with van der Waals surface area (Å²) >= 11 is 0. The number of rotatable bonds is 5. The Kier molecular flexibility index (Phi) is 5.93. The zero-order chi connectivity index (χ0) is 18.2. The minimum atomic E-state index is -0.224. The molecule has 0 atom stereocenters. The van der Waals surface area contributed by atoms with Crippen LogP contribution >= 0.6 is 0 Å². The number of nitrogens with zero attached hydrogens (tertiary/aromatic N) is 2. The first-order valence-electron chi connectivity index (χ1n) is 8.44. The van der Waals surface area contributed by atoms with E-state index in [0.717, 1.165) is 16.8 Å². The summed E-state index contributed by atoms with van der Waals surface area (Å²) in [4.78, 5) is 8.57. The minimum Gasteiger partial charge on any atom is -0.352 e. The monoisotopic (exact) mass is 348 g/mol. The van der Waals surface area contributed by atoms with E-state index in [2.05, 4.69) is 26.7 Å². The summed E-state index contributed by atoms with van der Waals surface area (Å²) in [6, 6.07) is 20.8. The van der Waals surface area contributed by atoms with Gasteiger partial charge in [0.2, 0.25) is 0 Å². The Bertz CT molecular complexity index is 878. The van der Waals surface area contributed by atoms with E-state index >= 15 is 0 Å². The third-order valence-electron chi connectivity index (χ3n) is 3.98. The van der Waals surface area contributed by atoms with Crippen molar-refractivity contribution in [1.29, 1.82) is 0 Å². The fourth-order valence-corrected chi connectivity index (χ4v) is 2.60. The van der Waals surface area contributed by atoms with Crippen LogP contribution in [0.15, 0.2) is 77.9 Å². The fraction of sp³-hybridized carbons (Fsp3) is 0.143. The van der Waals surface area contributed by atoms with E-state index in [1.54, 1.807) is 25.4 Å². The molecule has 0 aliphatic heterocycles.